The number of carbonyl (C=O) groups is 1. The summed E-state index contributed by atoms with van der Waals surface area (Å²) in [6, 6.07) is 13.1. The maximum Gasteiger partial charge on any atom is 0.254 e. The molecule has 144 valence electrons. The van der Waals surface area contributed by atoms with Crippen LogP contribution in [0.25, 0.3) is 5.69 Å². The minimum atomic E-state index is -1.01. The van der Waals surface area contributed by atoms with E-state index in [9.17, 15) is 13.6 Å². The smallest absolute Gasteiger partial charge is 0.254 e. The molecule has 2 aromatic carbocycles. The monoisotopic (exact) mass is 383 g/mol. The lowest BCUT2D eigenvalue weighted by Crippen LogP contribution is -2.48. The molecule has 1 fully saturated rings. The highest BCUT2D eigenvalue weighted by Crippen LogP contribution is 2.15. The van der Waals surface area contributed by atoms with Gasteiger partial charge in [0.1, 0.15) is 6.33 Å². The first-order valence-corrected chi connectivity index (χ1v) is 9.03. The molecule has 1 saturated heterocycles. The van der Waals surface area contributed by atoms with Crippen molar-refractivity contribution in [3.8, 4) is 5.69 Å². The number of para-hydroxylation sites is 1. The van der Waals surface area contributed by atoms with Gasteiger partial charge in [0.05, 0.1) is 6.54 Å². The molecule has 1 aliphatic rings. The van der Waals surface area contributed by atoms with E-state index >= 15 is 0 Å². The molecule has 0 atom stereocenters. The Labute approximate surface area is 161 Å². The van der Waals surface area contributed by atoms with E-state index in [0.717, 1.165) is 23.6 Å². The molecule has 28 heavy (non-hydrogen) atoms. The first kappa shape index (κ1) is 18.2. The van der Waals surface area contributed by atoms with Gasteiger partial charge in [0.2, 0.25) is 0 Å². The molecule has 1 amide bonds. The van der Waals surface area contributed by atoms with Crippen LogP contribution < -0.4 is 0 Å². The zero-order valence-corrected chi connectivity index (χ0v) is 15.1. The van der Waals surface area contributed by atoms with Crippen LogP contribution in [-0.2, 0) is 6.54 Å². The molecule has 1 aromatic heterocycles. The minimum absolute atomic E-state index is 0.163. The van der Waals surface area contributed by atoms with Crippen molar-refractivity contribution in [3.05, 3.63) is 77.9 Å². The second-order valence-corrected chi connectivity index (χ2v) is 6.65. The number of hydrogen-bond donors (Lipinski definition) is 0. The van der Waals surface area contributed by atoms with Crippen molar-refractivity contribution in [2.75, 3.05) is 26.2 Å². The van der Waals surface area contributed by atoms with Crippen LogP contribution in [0.1, 0.15) is 16.2 Å². The number of carbonyl (C=O) groups excluding carboxylic acids is 1. The number of amides is 1. The highest BCUT2D eigenvalue weighted by molar-refractivity contribution is 5.94. The fourth-order valence-corrected chi connectivity index (χ4v) is 3.29. The van der Waals surface area contributed by atoms with E-state index in [4.69, 9.17) is 0 Å². The summed E-state index contributed by atoms with van der Waals surface area (Å²) in [5.41, 5.74) is 1.16. The molecule has 3 aromatic rings. The van der Waals surface area contributed by atoms with Crippen LogP contribution in [0.2, 0.25) is 0 Å². The number of piperazine rings is 1. The van der Waals surface area contributed by atoms with Gasteiger partial charge in [-0.15, -0.1) is 10.2 Å². The van der Waals surface area contributed by atoms with Gasteiger partial charge in [-0.1, -0.05) is 18.2 Å². The second kappa shape index (κ2) is 7.85. The van der Waals surface area contributed by atoms with E-state index in [0.29, 0.717) is 32.7 Å². The van der Waals surface area contributed by atoms with Crippen molar-refractivity contribution < 1.29 is 13.6 Å². The number of nitrogens with zero attached hydrogens (tertiary/aromatic N) is 5. The van der Waals surface area contributed by atoms with Gasteiger partial charge in [-0.3, -0.25) is 14.3 Å². The second-order valence-electron chi connectivity index (χ2n) is 6.65. The van der Waals surface area contributed by atoms with E-state index in [1.165, 1.54) is 6.07 Å². The summed E-state index contributed by atoms with van der Waals surface area (Å²) in [6.45, 7) is 2.96. The highest BCUT2D eigenvalue weighted by atomic mass is 19.2. The molecule has 0 radical (unpaired) electrons. The fourth-order valence-electron chi connectivity index (χ4n) is 3.29. The Morgan fingerprint density at radius 2 is 1.71 bits per heavy atom. The summed E-state index contributed by atoms with van der Waals surface area (Å²) in [7, 11) is 0. The predicted octanol–water partition coefficient (Wildman–Crippen LogP) is 2.50. The third-order valence-electron chi connectivity index (χ3n) is 4.84. The summed E-state index contributed by atoms with van der Waals surface area (Å²) in [6.07, 6.45) is 1.69. The lowest BCUT2D eigenvalue weighted by molar-refractivity contribution is 0.0624. The Morgan fingerprint density at radius 1 is 0.964 bits per heavy atom. The van der Waals surface area contributed by atoms with Crippen molar-refractivity contribution in [2.45, 2.75) is 6.54 Å². The van der Waals surface area contributed by atoms with Crippen molar-refractivity contribution in [1.82, 2.24) is 24.6 Å². The number of hydrogen-bond acceptors (Lipinski definition) is 4. The Kier molecular flexibility index (Phi) is 5.12. The predicted molar refractivity (Wildman–Crippen MR) is 98.9 cm³/mol. The average molecular weight is 383 g/mol. The quantitative estimate of drug-likeness (QED) is 0.695. The Balaban J connectivity index is 1.38. The van der Waals surface area contributed by atoms with Crippen LogP contribution in [0.4, 0.5) is 8.78 Å². The van der Waals surface area contributed by atoms with E-state index in [2.05, 4.69) is 15.1 Å². The number of halogens is 2. The van der Waals surface area contributed by atoms with Gasteiger partial charge in [-0.05, 0) is 30.3 Å². The Morgan fingerprint density at radius 3 is 2.43 bits per heavy atom. The third-order valence-corrected chi connectivity index (χ3v) is 4.84. The molecule has 0 aliphatic carbocycles. The van der Waals surface area contributed by atoms with Gasteiger partial charge in [0.25, 0.3) is 5.91 Å². The molecule has 2 heterocycles. The summed E-state index contributed by atoms with van der Waals surface area (Å²) in [5.74, 6) is -1.42. The van der Waals surface area contributed by atoms with Crippen molar-refractivity contribution in [2.24, 2.45) is 0 Å². The molecular formula is C20H19F2N5O. The molecule has 4 rings (SSSR count). The molecule has 1 aliphatic heterocycles. The van der Waals surface area contributed by atoms with Gasteiger partial charge >= 0.3 is 0 Å². The average Bonchev–Trinajstić information content (AvgIpc) is 3.19. The third kappa shape index (κ3) is 3.77. The lowest BCUT2D eigenvalue weighted by Gasteiger charge is -2.34. The van der Waals surface area contributed by atoms with Crippen molar-refractivity contribution in [3.63, 3.8) is 0 Å². The number of benzene rings is 2. The molecule has 6 nitrogen and oxygen atoms in total. The zero-order valence-electron chi connectivity index (χ0n) is 15.1. The van der Waals surface area contributed by atoms with E-state index < -0.39 is 11.6 Å². The van der Waals surface area contributed by atoms with Crippen LogP contribution >= 0.6 is 0 Å². The minimum Gasteiger partial charge on any atom is -0.336 e. The molecule has 0 spiro atoms. The first-order chi connectivity index (χ1) is 13.6. The van der Waals surface area contributed by atoms with E-state index in [-0.39, 0.29) is 11.5 Å². The van der Waals surface area contributed by atoms with Crippen molar-refractivity contribution in [1.29, 1.82) is 0 Å². The topological polar surface area (TPSA) is 54.3 Å². The van der Waals surface area contributed by atoms with E-state index in [1.807, 2.05) is 34.9 Å². The van der Waals surface area contributed by atoms with Crippen LogP contribution in [0.5, 0.6) is 0 Å². The van der Waals surface area contributed by atoms with Crippen molar-refractivity contribution >= 4 is 5.91 Å². The maximum absolute atomic E-state index is 13.4. The standard InChI is InChI=1S/C20H19F2N5O/c21-17-7-6-15(12-18(17)22)20(28)26-10-8-25(9-11-26)13-19-24-23-14-27(19)16-4-2-1-3-5-16/h1-7,12,14H,8-11,13H2. The summed E-state index contributed by atoms with van der Waals surface area (Å²) in [4.78, 5) is 16.4. The number of aromatic nitrogens is 3. The SMILES string of the molecule is O=C(c1ccc(F)c(F)c1)N1CCN(Cc2nncn2-c2ccccc2)CC1. The van der Waals surface area contributed by atoms with Gasteiger partial charge in [-0.25, -0.2) is 8.78 Å². The molecule has 0 unspecified atom stereocenters. The summed E-state index contributed by atoms with van der Waals surface area (Å²) < 4.78 is 28.4. The Hall–Kier alpha value is -3.13. The zero-order chi connectivity index (χ0) is 19.5. The number of rotatable bonds is 4. The van der Waals surface area contributed by atoms with Crippen LogP contribution in [0.15, 0.2) is 54.9 Å². The maximum atomic E-state index is 13.4. The van der Waals surface area contributed by atoms with Crippen LogP contribution in [-0.4, -0.2) is 56.7 Å². The Bertz CT molecular complexity index is 968. The van der Waals surface area contributed by atoms with Crippen LogP contribution in [0, 0.1) is 11.6 Å². The molecule has 8 heteroatoms. The molecule has 0 bridgehead atoms. The van der Waals surface area contributed by atoms with Gasteiger partial charge in [0.15, 0.2) is 17.5 Å². The van der Waals surface area contributed by atoms with Gasteiger partial charge in [0, 0.05) is 37.4 Å². The molecule has 0 saturated carbocycles. The fraction of sp³-hybridized carbons (Fsp3) is 0.250. The lowest BCUT2D eigenvalue weighted by atomic mass is 10.1. The largest absolute Gasteiger partial charge is 0.336 e. The highest BCUT2D eigenvalue weighted by Gasteiger charge is 2.24. The van der Waals surface area contributed by atoms with Crippen LogP contribution in [0.3, 0.4) is 0 Å². The summed E-state index contributed by atoms with van der Waals surface area (Å²) >= 11 is 0. The molecule has 0 N–H and O–H groups in total. The first-order valence-electron chi connectivity index (χ1n) is 9.03. The van der Waals surface area contributed by atoms with Gasteiger partial charge in [-0.2, -0.15) is 0 Å². The van der Waals surface area contributed by atoms with Gasteiger partial charge < -0.3 is 4.90 Å². The molecular weight excluding hydrogens is 364 g/mol. The summed E-state index contributed by atoms with van der Waals surface area (Å²) in [5, 5.41) is 8.24. The van der Waals surface area contributed by atoms with E-state index in [1.54, 1.807) is 11.2 Å². The normalized spacial score (nSPS) is 15.0.